The minimum Gasteiger partial charge on any atom is -0.0995 e. The monoisotopic (exact) mass is 204 g/mol. The molecule has 0 saturated heterocycles. The van der Waals surface area contributed by atoms with Crippen LogP contribution in [0.25, 0.3) is 0 Å². The van der Waals surface area contributed by atoms with E-state index in [-0.39, 0.29) is 0 Å². The molecule has 3 fully saturated rings. The second kappa shape index (κ2) is 2.90. The maximum absolute atomic E-state index is 4.32. The molecule has 5 atom stereocenters. The molecule has 3 aliphatic rings. The first kappa shape index (κ1) is 9.93. The van der Waals surface area contributed by atoms with E-state index in [9.17, 15) is 0 Å². The zero-order valence-corrected chi connectivity index (χ0v) is 10.4. The number of hydrogen-bond acceptors (Lipinski definition) is 0. The fourth-order valence-electron chi connectivity index (χ4n) is 5.14. The molecule has 3 aliphatic carbocycles. The average molecular weight is 204 g/mol. The summed E-state index contributed by atoms with van der Waals surface area (Å²) in [6.45, 7) is 11.7. The van der Waals surface area contributed by atoms with Crippen LogP contribution in [0.2, 0.25) is 0 Å². The van der Waals surface area contributed by atoms with Crippen LogP contribution in [0.5, 0.6) is 0 Å². The van der Waals surface area contributed by atoms with Gasteiger partial charge in [0.2, 0.25) is 0 Å². The lowest BCUT2D eigenvalue weighted by Gasteiger charge is -2.35. The smallest absolute Gasteiger partial charge is 0.0107 e. The van der Waals surface area contributed by atoms with Crippen molar-refractivity contribution in [2.45, 2.75) is 46.5 Å². The molecule has 84 valence electrons. The fraction of sp³-hybridized carbons (Fsp3) is 0.867. The van der Waals surface area contributed by atoms with Gasteiger partial charge < -0.3 is 0 Å². The highest BCUT2D eigenvalue weighted by Crippen LogP contribution is 2.79. The normalized spacial score (nSPS) is 52.9. The molecule has 0 bridgehead atoms. The fourth-order valence-corrected chi connectivity index (χ4v) is 5.14. The van der Waals surface area contributed by atoms with Crippen LogP contribution in [-0.2, 0) is 0 Å². The number of rotatable bonds is 1. The van der Waals surface area contributed by atoms with Crippen molar-refractivity contribution in [3.63, 3.8) is 0 Å². The number of hydrogen-bond donors (Lipinski definition) is 0. The van der Waals surface area contributed by atoms with Gasteiger partial charge >= 0.3 is 0 Å². The molecule has 0 amide bonds. The topological polar surface area (TPSA) is 0 Å². The first-order chi connectivity index (χ1) is 7.09. The van der Waals surface area contributed by atoms with Gasteiger partial charge in [-0.3, -0.25) is 0 Å². The Hall–Kier alpha value is -0.260. The van der Waals surface area contributed by atoms with Crippen molar-refractivity contribution in [2.24, 2.45) is 35.0 Å². The highest BCUT2D eigenvalue weighted by Gasteiger charge is 2.73. The molecule has 0 unspecified atom stereocenters. The van der Waals surface area contributed by atoms with Crippen LogP contribution in [0.15, 0.2) is 12.2 Å². The summed E-state index contributed by atoms with van der Waals surface area (Å²) in [5.74, 6) is 4.83. The van der Waals surface area contributed by atoms with Crippen LogP contribution in [0.4, 0.5) is 0 Å². The van der Waals surface area contributed by atoms with Gasteiger partial charge in [0.25, 0.3) is 0 Å². The highest BCUT2D eigenvalue weighted by molar-refractivity contribution is 5.33. The van der Waals surface area contributed by atoms with Crippen LogP contribution in [0, 0.1) is 35.0 Å². The van der Waals surface area contributed by atoms with Crippen molar-refractivity contribution in [3.05, 3.63) is 12.2 Å². The minimum atomic E-state index is 0.740. The molecule has 0 aromatic rings. The van der Waals surface area contributed by atoms with Gasteiger partial charge in [-0.1, -0.05) is 32.9 Å². The van der Waals surface area contributed by atoms with E-state index in [1.165, 1.54) is 25.7 Å². The van der Waals surface area contributed by atoms with Gasteiger partial charge in [-0.05, 0) is 60.7 Å². The lowest BCUT2D eigenvalue weighted by molar-refractivity contribution is 0.142. The maximum Gasteiger partial charge on any atom is -0.0107 e. The highest BCUT2D eigenvalue weighted by atomic mass is 14.8. The largest absolute Gasteiger partial charge is 0.0995 e. The summed E-state index contributed by atoms with van der Waals surface area (Å²) in [4.78, 5) is 0. The van der Waals surface area contributed by atoms with E-state index in [1.807, 2.05) is 0 Å². The molecule has 0 heterocycles. The molecule has 0 aliphatic heterocycles. The summed E-state index contributed by atoms with van der Waals surface area (Å²) in [7, 11) is 0. The van der Waals surface area contributed by atoms with E-state index in [2.05, 4.69) is 27.4 Å². The van der Waals surface area contributed by atoms with Gasteiger partial charge in [-0.2, -0.15) is 0 Å². The van der Waals surface area contributed by atoms with Gasteiger partial charge in [-0.25, -0.2) is 0 Å². The van der Waals surface area contributed by atoms with Crippen LogP contribution in [-0.4, -0.2) is 0 Å². The van der Waals surface area contributed by atoms with Crippen molar-refractivity contribution in [3.8, 4) is 0 Å². The Morgan fingerprint density at radius 3 is 2.73 bits per heavy atom. The van der Waals surface area contributed by atoms with Gasteiger partial charge in [0.05, 0.1) is 0 Å². The number of allylic oxidation sites excluding steroid dienone is 1. The number of fused-ring (bicyclic) bond motifs is 1. The molecule has 1 spiro atoms. The standard InChI is InChI=1S/C15H24/c1-9(2)12-6-5-11(4)15-8-7-10(3)13(15)14(12)15/h9,11-14H,3,5-8H2,1-2,4H3/t11-,12+,13-,14-,15+/m1/s1. The molecule has 0 nitrogen and oxygen atoms in total. The van der Waals surface area contributed by atoms with E-state index >= 15 is 0 Å². The van der Waals surface area contributed by atoms with Gasteiger partial charge in [0.1, 0.15) is 0 Å². The zero-order chi connectivity index (χ0) is 10.8. The SMILES string of the molecule is C=C1CC[C@@]23[C@@H]([C@@H]12)[C@H](C(C)C)CC[C@H]3C. The van der Waals surface area contributed by atoms with Crippen molar-refractivity contribution < 1.29 is 0 Å². The second-order valence-electron chi connectivity index (χ2n) is 6.66. The maximum atomic E-state index is 4.32. The summed E-state index contributed by atoms with van der Waals surface area (Å²) in [5.41, 5.74) is 2.34. The Kier molecular flexibility index (Phi) is 1.92. The van der Waals surface area contributed by atoms with E-state index in [4.69, 9.17) is 0 Å². The molecule has 3 rings (SSSR count). The molecule has 0 heteroatoms. The third-order valence-electron chi connectivity index (χ3n) is 5.94. The van der Waals surface area contributed by atoms with Crippen molar-refractivity contribution >= 4 is 0 Å². The average Bonchev–Trinajstić information content (AvgIpc) is 2.75. The molecule has 0 aromatic heterocycles. The lowest BCUT2D eigenvalue weighted by atomic mass is 9.70. The molecule has 3 saturated carbocycles. The van der Waals surface area contributed by atoms with Crippen LogP contribution < -0.4 is 0 Å². The molecule has 0 N–H and O–H groups in total. The Morgan fingerprint density at radius 2 is 2.07 bits per heavy atom. The first-order valence-electron chi connectivity index (χ1n) is 6.76. The first-order valence-corrected chi connectivity index (χ1v) is 6.76. The summed E-state index contributed by atoms with van der Waals surface area (Å²) >= 11 is 0. The van der Waals surface area contributed by atoms with E-state index in [0.29, 0.717) is 0 Å². The predicted octanol–water partition coefficient (Wildman–Crippen LogP) is 4.27. The summed E-state index contributed by atoms with van der Waals surface area (Å²) in [6, 6.07) is 0. The molecular formula is C15H24. The molecule has 0 radical (unpaired) electrons. The summed E-state index contributed by atoms with van der Waals surface area (Å²) in [5, 5.41) is 0. The second-order valence-corrected chi connectivity index (χ2v) is 6.66. The van der Waals surface area contributed by atoms with Crippen LogP contribution in [0.3, 0.4) is 0 Å². The molecule has 0 aromatic carbocycles. The Morgan fingerprint density at radius 1 is 1.33 bits per heavy atom. The quantitative estimate of drug-likeness (QED) is 0.559. The van der Waals surface area contributed by atoms with E-state index in [1.54, 1.807) is 5.57 Å². The predicted molar refractivity (Wildman–Crippen MR) is 64.5 cm³/mol. The minimum absolute atomic E-state index is 0.740. The third-order valence-corrected chi connectivity index (χ3v) is 5.94. The third kappa shape index (κ3) is 1.04. The van der Waals surface area contributed by atoms with Gasteiger partial charge in [0.15, 0.2) is 0 Å². The summed E-state index contributed by atoms with van der Waals surface area (Å²) in [6.07, 6.45) is 5.75. The van der Waals surface area contributed by atoms with E-state index in [0.717, 1.165) is 35.0 Å². The Labute approximate surface area is 94.1 Å². The van der Waals surface area contributed by atoms with Crippen molar-refractivity contribution in [2.75, 3.05) is 0 Å². The summed E-state index contributed by atoms with van der Waals surface area (Å²) < 4.78 is 0. The van der Waals surface area contributed by atoms with Crippen molar-refractivity contribution in [1.82, 2.24) is 0 Å². The molecular weight excluding hydrogens is 180 g/mol. The van der Waals surface area contributed by atoms with Gasteiger partial charge in [0, 0.05) is 0 Å². The lowest BCUT2D eigenvalue weighted by Crippen LogP contribution is -2.27. The van der Waals surface area contributed by atoms with Crippen LogP contribution >= 0.6 is 0 Å². The van der Waals surface area contributed by atoms with Crippen LogP contribution in [0.1, 0.15) is 46.5 Å². The van der Waals surface area contributed by atoms with Crippen molar-refractivity contribution in [1.29, 1.82) is 0 Å². The van der Waals surface area contributed by atoms with E-state index < -0.39 is 0 Å². The van der Waals surface area contributed by atoms with Gasteiger partial charge in [-0.15, -0.1) is 0 Å². The Balaban J connectivity index is 1.91. The Bertz CT molecular complexity index is 301. The molecule has 15 heavy (non-hydrogen) atoms. The zero-order valence-electron chi connectivity index (χ0n) is 10.4.